The number of nitrogens with one attached hydrogen (secondary N) is 2. The standard InChI is InChI=1S/C19H20N4S/c1-3-20-19(24)22-21-13-16-15-11-7-8-12-17(15)23(2)18(16)14-9-5-4-6-10-14/h4-13H,3H2,1-2H3,(H2,20,22,24)/b21-13-. The number of fused-ring (bicyclic) bond motifs is 1. The first-order valence-corrected chi connectivity index (χ1v) is 8.33. The van der Waals surface area contributed by atoms with Crippen molar-refractivity contribution in [3.05, 3.63) is 60.2 Å². The third-order valence-corrected chi connectivity index (χ3v) is 4.13. The highest BCUT2D eigenvalue weighted by Gasteiger charge is 2.14. The molecule has 0 aliphatic heterocycles. The maximum atomic E-state index is 5.15. The van der Waals surface area contributed by atoms with E-state index >= 15 is 0 Å². The summed E-state index contributed by atoms with van der Waals surface area (Å²) in [6, 6.07) is 18.7. The van der Waals surface area contributed by atoms with Crippen LogP contribution in [0.5, 0.6) is 0 Å². The number of thiocarbonyl (C=S) groups is 1. The summed E-state index contributed by atoms with van der Waals surface area (Å²) in [5.74, 6) is 0. The van der Waals surface area contributed by atoms with Gasteiger partial charge in [0.15, 0.2) is 5.11 Å². The van der Waals surface area contributed by atoms with Crippen LogP contribution in [0.2, 0.25) is 0 Å². The molecule has 3 aromatic rings. The summed E-state index contributed by atoms with van der Waals surface area (Å²) in [5.41, 5.74) is 7.41. The summed E-state index contributed by atoms with van der Waals surface area (Å²) in [6.45, 7) is 2.76. The predicted molar refractivity (Wildman–Crippen MR) is 105 cm³/mol. The van der Waals surface area contributed by atoms with Crippen molar-refractivity contribution in [2.75, 3.05) is 6.54 Å². The van der Waals surface area contributed by atoms with Crippen LogP contribution in [-0.2, 0) is 7.05 Å². The lowest BCUT2D eigenvalue weighted by Crippen LogP contribution is -2.31. The Morgan fingerprint density at radius 1 is 1.12 bits per heavy atom. The van der Waals surface area contributed by atoms with E-state index in [2.05, 4.69) is 57.8 Å². The predicted octanol–water partition coefficient (Wildman–Crippen LogP) is 3.66. The van der Waals surface area contributed by atoms with Gasteiger partial charge in [0.25, 0.3) is 0 Å². The lowest BCUT2D eigenvalue weighted by atomic mass is 10.1. The Bertz CT molecular complexity index is 881. The van der Waals surface area contributed by atoms with Gasteiger partial charge in [-0.1, -0.05) is 48.5 Å². The molecular weight excluding hydrogens is 316 g/mol. The first kappa shape index (κ1) is 16.2. The Morgan fingerprint density at radius 2 is 1.83 bits per heavy atom. The highest BCUT2D eigenvalue weighted by molar-refractivity contribution is 7.80. The van der Waals surface area contributed by atoms with Gasteiger partial charge < -0.3 is 9.88 Å². The fourth-order valence-corrected chi connectivity index (χ4v) is 3.05. The van der Waals surface area contributed by atoms with Crippen LogP contribution < -0.4 is 10.7 Å². The molecule has 2 aromatic carbocycles. The van der Waals surface area contributed by atoms with Crippen molar-refractivity contribution < 1.29 is 0 Å². The second-order valence-corrected chi connectivity index (χ2v) is 5.84. The van der Waals surface area contributed by atoms with Gasteiger partial charge in [-0.05, 0) is 30.8 Å². The van der Waals surface area contributed by atoms with Crippen molar-refractivity contribution in [3.8, 4) is 11.3 Å². The van der Waals surface area contributed by atoms with Crippen LogP contribution in [-0.4, -0.2) is 22.4 Å². The third kappa shape index (κ3) is 3.16. The summed E-state index contributed by atoms with van der Waals surface area (Å²) in [4.78, 5) is 0. The van der Waals surface area contributed by atoms with E-state index in [1.165, 1.54) is 10.9 Å². The van der Waals surface area contributed by atoms with Crippen LogP contribution in [0.15, 0.2) is 59.7 Å². The van der Waals surface area contributed by atoms with Crippen LogP contribution >= 0.6 is 12.2 Å². The van der Waals surface area contributed by atoms with Gasteiger partial charge in [-0.15, -0.1) is 0 Å². The Kier molecular flexibility index (Phi) is 4.91. The van der Waals surface area contributed by atoms with Crippen molar-refractivity contribution in [2.24, 2.45) is 12.1 Å². The summed E-state index contributed by atoms with van der Waals surface area (Å²) in [6.07, 6.45) is 1.84. The second-order valence-electron chi connectivity index (χ2n) is 5.43. The largest absolute Gasteiger partial charge is 0.362 e. The normalized spacial score (nSPS) is 11.1. The van der Waals surface area contributed by atoms with Gasteiger partial charge in [0.1, 0.15) is 0 Å². The van der Waals surface area contributed by atoms with Crippen molar-refractivity contribution in [2.45, 2.75) is 6.92 Å². The van der Waals surface area contributed by atoms with E-state index < -0.39 is 0 Å². The fraction of sp³-hybridized carbons (Fsp3) is 0.158. The monoisotopic (exact) mass is 336 g/mol. The Balaban J connectivity index is 2.08. The summed E-state index contributed by atoms with van der Waals surface area (Å²) in [5, 5.41) is 9.03. The first-order chi connectivity index (χ1) is 11.7. The molecule has 0 fully saturated rings. The molecule has 122 valence electrons. The maximum Gasteiger partial charge on any atom is 0.186 e. The van der Waals surface area contributed by atoms with E-state index in [1.54, 1.807) is 0 Å². The van der Waals surface area contributed by atoms with Crippen LogP contribution in [0.25, 0.3) is 22.2 Å². The van der Waals surface area contributed by atoms with Gasteiger partial charge in [-0.2, -0.15) is 5.10 Å². The van der Waals surface area contributed by atoms with Crippen LogP contribution in [0, 0.1) is 0 Å². The summed E-state index contributed by atoms with van der Waals surface area (Å²) >= 11 is 5.15. The molecule has 0 aliphatic carbocycles. The molecule has 0 amide bonds. The van der Waals surface area contributed by atoms with Gasteiger partial charge in [-0.3, -0.25) is 5.43 Å². The van der Waals surface area contributed by atoms with Gasteiger partial charge in [0.05, 0.1) is 11.9 Å². The molecule has 0 aliphatic rings. The molecule has 0 bridgehead atoms. The topological polar surface area (TPSA) is 41.4 Å². The SMILES string of the molecule is CCNC(=S)N/N=C\c1c(-c2ccccc2)n(C)c2ccccc12. The number of aryl methyl sites for hydroxylation is 1. The molecule has 24 heavy (non-hydrogen) atoms. The molecule has 2 N–H and O–H groups in total. The average molecular weight is 336 g/mol. The van der Waals surface area contributed by atoms with E-state index in [-0.39, 0.29) is 0 Å². The lowest BCUT2D eigenvalue weighted by Gasteiger charge is -2.06. The first-order valence-electron chi connectivity index (χ1n) is 7.92. The van der Waals surface area contributed by atoms with E-state index in [9.17, 15) is 0 Å². The van der Waals surface area contributed by atoms with Crippen molar-refractivity contribution in [3.63, 3.8) is 0 Å². The second kappa shape index (κ2) is 7.27. The quantitative estimate of drug-likeness (QED) is 0.434. The molecule has 0 saturated heterocycles. The van der Waals surface area contributed by atoms with Gasteiger partial charge in [0.2, 0.25) is 0 Å². The number of rotatable bonds is 4. The minimum Gasteiger partial charge on any atom is -0.362 e. The minimum absolute atomic E-state index is 0.523. The number of hydrogen-bond acceptors (Lipinski definition) is 2. The summed E-state index contributed by atoms with van der Waals surface area (Å²) < 4.78 is 2.20. The van der Waals surface area contributed by atoms with Crippen LogP contribution in [0.3, 0.4) is 0 Å². The molecule has 4 nitrogen and oxygen atoms in total. The highest BCUT2D eigenvalue weighted by Crippen LogP contribution is 2.31. The zero-order valence-corrected chi connectivity index (χ0v) is 14.6. The minimum atomic E-state index is 0.523. The zero-order chi connectivity index (χ0) is 16.9. The molecule has 3 rings (SSSR count). The van der Waals surface area contributed by atoms with Crippen molar-refractivity contribution >= 4 is 34.4 Å². The number of benzene rings is 2. The van der Waals surface area contributed by atoms with Gasteiger partial charge in [-0.25, -0.2) is 0 Å². The molecule has 1 aromatic heterocycles. The van der Waals surface area contributed by atoms with Gasteiger partial charge >= 0.3 is 0 Å². The highest BCUT2D eigenvalue weighted by atomic mass is 32.1. The van der Waals surface area contributed by atoms with Crippen LogP contribution in [0.4, 0.5) is 0 Å². The van der Waals surface area contributed by atoms with Crippen LogP contribution in [0.1, 0.15) is 12.5 Å². The summed E-state index contributed by atoms with van der Waals surface area (Å²) in [7, 11) is 2.08. The van der Waals surface area contributed by atoms with E-state index in [4.69, 9.17) is 12.2 Å². The number of para-hydroxylation sites is 1. The maximum absolute atomic E-state index is 5.15. The Labute approximate surface area is 147 Å². The van der Waals surface area contributed by atoms with E-state index in [0.717, 1.165) is 23.4 Å². The number of hydrazone groups is 1. The zero-order valence-electron chi connectivity index (χ0n) is 13.8. The Hall–Kier alpha value is -2.66. The number of hydrogen-bond donors (Lipinski definition) is 2. The average Bonchev–Trinajstić information content (AvgIpc) is 2.89. The smallest absolute Gasteiger partial charge is 0.186 e. The number of aromatic nitrogens is 1. The molecular formula is C19H20N4S. The van der Waals surface area contributed by atoms with Crippen molar-refractivity contribution in [1.29, 1.82) is 0 Å². The molecule has 0 spiro atoms. The molecule has 0 unspecified atom stereocenters. The lowest BCUT2D eigenvalue weighted by molar-refractivity contribution is 0.904. The third-order valence-electron chi connectivity index (χ3n) is 3.89. The molecule has 0 radical (unpaired) electrons. The Morgan fingerprint density at radius 3 is 2.58 bits per heavy atom. The van der Waals surface area contributed by atoms with Crippen molar-refractivity contribution in [1.82, 2.24) is 15.3 Å². The molecule has 1 heterocycles. The molecule has 0 atom stereocenters. The molecule has 5 heteroatoms. The van der Waals surface area contributed by atoms with E-state index in [1.807, 2.05) is 37.4 Å². The fourth-order valence-electron chi connectivity index (χ4n) is 2.85. The van der Waals surface area contributed by atoms with Gasteiger partial charge in [0, 0.05) is 30.1 Å². The van der Waals surface area contributed by atoms with E-state index in [0.29, 0.717) is 5.11 Å². The number of nitrogens with zero attached hydrogens (tertiary/aromatic N) is 2. The molecule has 0 saturated carbocycles.